The monoisotopic (exact) mass is 399 g/mol. The number of nitrogens with zero attached hydrogens (tertiary/aromatic N) is 1. The van der Waals surface area contributed by atoms with Gasteiger partial charge in [0.25, 0.3) is 0 Å². The Morgan fingerprint density at radius 2 is 2.04 bits per heavy atom. The van der Waals surface area contributed by atoms with E-state index >= 15 is 0 Å². The Morgan fingerprint density at radius 3 is 2.56 bits per heavy atom. The van der Waals surface area contributed by atoms with Crippen molar-refractivity contribution in [2.45, 2.75) is 75.2 Å². The Balaban J connectivity index is 1.77. The summed E-state index contributed by atoms with van der Waals surface area (Å²) >= 11 is 1.02. The minimum Gasteiger partial charge on any atom is -0.336 e. The van der Waals surface area contributed by atoms with Crippen molar-refractivity contribution in [1.29, 1.82) is 5.26 Å². The van der Waals surface area contributed by atoms with E-state index in [1.54, 1.807) is 11.4 Å². The van der Waals surface area contributed by atoms with Crippen molar-refractivity contribution >= 4 is 17.2 Å². The van der Waals surface area contributed by atoms with E-state index in [1.807, 2.05) is 0 Å². The predicted octanol–water partition coefficient (Wildman–Crippen LogP) is 4.45. The second-order valence-electron chi connectivity index (χ2n) is 7.63. The Hall–Kier alpha value is -1.59. The first-order valence-corrected chi connectivity index (χ1v) is 10.3. The van der Waals surface area contributed by atoms with Gasteiger partial charge in [-0.2, -0.15) is 18.4 Å². The highest BCUT2D eigenvalue weighted by Gasteiger charge is 2.48. The fourth-order valence-corrected chi connectivity index (χ4v) is 4.52. The molecule has 2 N–H and O–H groups in total. The van der Waals surface area contributed by atoms with E-state index in [2.05, 4.69) is 16.7 Å². The maximum atomic E-state index is 13.7. The lowest BCUT2D eigenvalue weighted by molar-refractivity contribution is -0.160. The van der Waals surface area contributed by atoms with Gasteiger partial charge in [-0.05, 0) is 36.6 Å². The molecule has 2 fully saturated rings. The molecule has 8 heteroatoms. The van der Waals surface area contributed by atoms with E-state index in [-0.39, 0.29) is 10.8 Å². The summed E-state index contributed by atoms with van der Waals surface area (Å²) in [7, 11) is 0. The van der Waals surface area contributed by atoms with Crippen LogP contribution in [0.1, 0.15) is 62.3 Å². The van der Waals surface area contributed by atoms with Gasteiger partial charge in [0.15, 0.2) is 0 Å². The number of alkyl halides is 3. The Morgan fingerprint density at radius 1 is 1.33 bits per heavy atom. The number of halogens is 3. The molecule has 0 aliphatic heterocycles. The van der Waals surface area contributed by atoms with Crippen molar-refractivity contribution in [3.05, 3.63) is 22.4 Å². The van der Waals surface area contributed by atoms with Crippen LogP contribution in [0.4, 0.5) is 13.2 Å². The molecular weight excluding hydrogens is 375 g/mol. The van der Waals surface area contributed by atoms with E-state index in [9.17, 15) is 23.2 Å². The summed E-state index contributed by atoms with van der Waals surface area (Å²) < 4.78 is 41.0. The van der Waals surface area contributed by atoms with Gasteiger partial charge in [-0.25, -0.2) is 0 Å². The van der Waals surface area contributed by atoms with Crippen molar-refractivity contribution in [3.8, 4) is 6.07 Å². The molecule has 0 bridgehead atoms. The molecule has 1 unspecified atom stereocenters. The van der Waals surface area contributed by atoms with Crippen molar-refractivity contribution in [2.75, 3.05) is 0 Å². The summed E-state index contributed by atoms with van der Waals surface area (Å²) in [6.07, 6.45) is 2.09. The second kappa shape index (κ2) is 8.19. The molecule has 2 saturated carbocycles. The number of hydrogen-bond acceptors (Lipinski definition) is 4. The van der Waals surface area contributed by atoms with Gasteiger partial charge in [-0.15, -0.1) is 11.3 Å². The minimum absolute atomic E-state index is 0.144. The SMILES string of the molecule is N#CC1(NC(=O)[C@H](CC2CCCCC2)NC(c2cccs2)C(F)(F)F)CC1. The zero-order chi connectivity index (χ0) is 19.5. The molecule has 0 radical (unpaired) electrons. The van der Waals surface area contributed by atoms with Gasteiger partial charge in [-0.1, -0.05) is 38.2 Å². The summed E-state index contributed by atoms with van der Waals surface area (Å²) in [5, 5.41) is 16.1. The van der Waals surface area contributed by atoms with Crippen LogP contribution in [0, 0.1) is 17.2 Å². The molecular formula is C19H24F3N3OS. The molecule has 0 aromatic carbocycles. The van der Waals surface area contributed by atoms with Gasteiger partial charge in [0.2, 0.25) is 5.91 Å². The van der Waals surface area contributed by atoms with Crippen LogP contribution in [0.3, 0.4) is 0 Å². The fourth-order valence-electron chi connectivity index (χ4n) is 3.71. The van der Waals surface area contributed by atoms with Crippen molar-refractivity contribution in [1.82, 2.24) is 10.6 Å². The minimum atomic E-state index is -4.50. The first-order valence-electron chi connectivity index (χ1n) is 9.42. The third-order valence-electron chi connectivity index (χ3n) is 5.46. The molecule has 2 aliphatic rings. The summed E-state index contributed by atoms with van der Waals surface area (Å²) in [5.41, 5.74) is -0.889. The first-order chi connectivity index (χ1) is 12.8. The highest BCUT2D eigenvalue weighted by molar-refractivity contribution is 7.10. The van der Waals surface area contributed by atoms with E-state index in [4.69, 9.17) is 0 Å². The number of amides is 1. The Bertz CT molecular complexity index is 673. The fraction of sp³-hybridized carbons (Fsp3) is 0.684. The molecule has 4 nitrogen and oxygen atoms in total. The van der Waals surface area contributed by atoms with Gasteiger partial charge in [0.05, 0.1) is 12.1 Å². The standard InChI is InChI=1S/C19H24F3N3OS/c20-19(21,22)16(15-7-4-10-27-15)24-14(11-13-5-2-1-3-6-13)17(26)25-18(12-23)8-9-18/h4,7,10,13-14,16,24H,1-3,5-6,8-9,11H2,(H,25,26)/t14-,16?/m0/s1. The number of carbonyl (C=O) groups excluding carboxylic acids is 1. The number of hydrogen-bond donors (Lipinski definition) is 2. The van der Waals surface area contributed by atoms with Crippen molar-refractivity contribution in [2.24, 2.45) is 5.92 Å². The molecule has 2 atom stereocenters. The van der Waals surface area contributed by atoms with Crippen LogP contribution in [0.15, 0.2) is 17.5 Å². The number of rotatable bonds is 7. The Kier molecular flexibility index (Phi) is 6.11. The normalized spacial score (nSPS) is 21.9. The van der Waals surface area contributed by atoms with Gasteiger partial charge in [-0.3, -0.25) is 10.1 Å². The van der Waals surface area contributed by atoms with Crippen LogP contribution in [-0.4, -0.2) is 23.7 Å². The van der Waals surface area contributed by atoms with E-state index < -0.39 is 29.7 Å². The smallest absolute Gasteiger partial charge is 0.336 e. The average Bonchev–Trinajstić information content (AvgIpc) is 3.19. The third kappa shape index (κ3) is 5.23. The van der Waals surface area contributed by atoms with Crippen LogP contribution >= 0.6 is 11.3 Å². The number of nitrogens with one attached hydrogen (secondary N) is 2. The lowest BCUT2D eigenvalue weighted by Crippen LogP contribution is -2.52. The zero-order valence-electron chi connectivity index (χ0n) is 15.0. The number of thiophene rings is 1. The highest BCUT2D eigenvalue weighted by atomic mass is 32.1. The highest BCUT2D eigenvalue weighted by Crippen LogP contribution is 2.38. The molecule has 1 aromatic heterocycles. The molecule has 1 amide bonds. The van der Waals surface area contributed by atoms with Gasteiger partial charge in [0, 0.05) is 4.88 Å². The molecule has 27 heavy (non-hydrogen) atoms. The summed E-state index contributed by atoms with van der Waals surface area (Å²) in [6.45, 7) is 0. The number of carbonyl (C=O) groups is 1. The maximum Gasteiger partial charge on any atom is 0.408 e. The summed E-state index contributed by atoms with van der Waals surface area (Å²) in [4.78, 5) is 12.9. The van der Waals surface area contributed by atoms with E-state index in [0.717, 1.165) is 43.4 Å². The largest absolute Gasteiger partial charge is 0.408 e. The second-order valence-corrected chi connectivity index (χ2v) is 8.61. The van der Waals surface area contributed by atoms with Crippen LogP contribution in [0.25, 0.3) is 0 Å². The predicted molar refractivity (Wildman–Crippen MR) is 97.0 cm³/mol. The molecule has 148 valence electrons. The van der Waals surface area contributed by atoms with E-state index in [1.165, 1.54) is 6.07 Å². The topological polar surface area (TPSA) is 64.9 Å². The van der Waals surface area contributed by atoms with Gasteiger partial charge in [0.1, 0.15) is 11.6 Å². The van der Waals surface area contributed by atoms with Crippen LogP contribution < -0.4 is 10.6 Å². The lowest BCUT2D eigenvalue weighted by atomic mass is 9.84. The van der Waals surface area contributed by atoms with Crippen molar-refractivity contribution in [3.63, 3.8) is 0 Å². The molecule has 0 saturated heterocycles. The Labute approximate surface area is 161 Å². The summed E-state index contributed by atoms with van der Waals surface area (Å²) in [5.74, 6) is -0.262. The van der Waals surface area contributed by atoms with Gasteiger partial charge >= 0.3 is 6.18 Å². The van der Waals surface area contributed by atoms with Crippen LogP contribution in [0.5, 0.6) is 0 Å². The molecule has 1 aromatic rings. The van der Waals surface area contributed by atoms with E-state index in [0.29, 0.717) is 19.3 Å². The quantitative estimate of drug-likeness (QED) is 0.712. The molecule has 1 heterocycles. The average molecular weight is 399 g/mol. The summed E-state index contributed by atoms with van der Waals surface area (Å²) in [6, 6.07) is 2.24. The zero-order valence-corrected chi connectivity index (χ0v) is 15.8. The van der Waals surface area contributed by atoms with Gasteiger partial charge < -0.3 is 5.32 Å². The first kappa shape index (κ1) is 20.2. The molecule has 2 aliphatic carbocycles. The van der Waals surface area contributed by atoms with Crippen LogP contribution in [-0.2, 0) is 4.79 Å². The molecule has 3 rings (SSSR count). The third-order valence-corrected chi connectivity index (χ3v) is 6.40. The van der Waals surface area contributed by atoms with Crippen LogP contribution in [0.2, 0.25) is 0 Å². The molecule has 0 spiro atoms. The lowest BCUT2D eigenvalue weighted by Gasteiger charge is -2.31. The van der Waals surface area contributed by atoms with Crippen molar-refractivity contribution < 1.29 is 18.0 Å². The maximum absolute atomic E-state index is 13.7. The number of nitriles is 1.